The number of allylic oxidation sites excluding steroid dienone is 2. The van der Waals surface area contributed by atoms with Crippen molar-refractivity contribution in [3.63, 3.8) is 0 Å². The van der Waals surface area contributed by atoms with E-state index in [1.54, 1.807) is 0 Å². The third kappa shape index (κ3) is 1.74. The van der Waals surface area contributed by atoms with Gasteiger partial charge in [0.05, 0.1) is 0 Å². The van der Waals surface area contributed by atoms with Crippen LogP contribution >= 0.6 is 15.9 Å². The van der Waals surface area contributed by atoms with E-state index in [1.807, 2.05) is 24.4 Å². The van der Waals surface area contributed by atoms with Crippen LogP contribution in [0.2, 0.25) is 0 Å². The van der Waals surface area contributed by atoms with Crippen LogP contribution in [0, 0.1) is 0 Å². The second kappa shape index (κ2) is 3.62. The molecule has 1 nitrogen and oxygen atoms in total. The molecule has 0 aliphatic carbocycles. The van der Waals surface area contributed by atoms with Crippen molar-refractivity contribution in [1.82, 2.24) is 4.90 Å². The maximum Gasteiger partial charge on any atom is 0.103 e. The fraction of sp³-hybridized carbons (Fsp3) is 0.250. The lowest BCUT2D eigenvalue weighted by atomic mass is 10.3. The van der Waals surface area contributed by atoms with Gasteiger partial charge in [-0.2, -0.15) is 0 Å². The van der Waals surface area contributed by atoms with Crippen LogP contribution in [-0.4, -0.2) is 16.4 Å². The normalized spacial score (nSPS) is 23.3. The van der Waals surface area contributed by atoms with Crippen molar-refractivity contribution in [3.05, 3.63) is 37.1 Å². The first-order chi connectivity index (χ1) is 4.84. The molecular formula is C8H10BrN. The second-order valence-electron chi connectivity index (χ2n) is 2.08. The van der Waals surface area contributed by atoms with E-state index in [4.69, 9.17) is 0 Å². The predicted molar refractivity (Wildman–Crippen MR) is 47.9 cm³/mol. The molecule has 0 saturated carbocycles. The van der Waals surface area contributed by atoms with Gasteiger partial charge in [0.1, 0.15) is 4.95 Å². The Morgan fingerprint density at radius 1 is 1.60 bits per heavy atom. The Balaban J connectivity index is 2.52. The highest BCUT2D eigenvalue weighted by atomic mass is 79.9. The maximum atomic E-state index is 3.67. The fourth-order valence-corrected chi connectivity index (χ4v) is 1.30. The Bertz CT molecular complexity index is 172. The Morgan fingerprint density at radius 2 is 2.40 bits per heavy atom. The molecule has 1 aliphatic rings. The zero-order valence-electron chi connectivity index (χ0n) is 5.70. The zero-order chi connectivity index (χ0) is 7.40. The molecule has 0 spiro atoms. The van der Waals surface area contributed by atoms with Crippen molar-refractivity contribution < 1.29 is 0 Å². The van der Waals surface area contributed by atoms with Gasteiger partial charge in [0.2, 0.25) is 0 Å². The Kier molecular flexibility index (Phi) is 2.75. The summed E-state index contributed by atoms with van der Waals surface area (Å²) in [6.07, 6.45) is 10.1. The fourth-order valence-electron chi connectivity index (χ4n) is 0.819. The van der Waals surface area contributed by atoms with Crippen molar-refractivity contribution in [2.24, 2.45) is 0 Å². The molecule has 0 aromatic heterocycles. The van der Waals surface area contributed by atoms with Gasteiger partial charge < -0.3 is 4.90 Å². The SMILES string of the molecule is C=CCN1C=CC=CC1Br. The van der Waals surface area contributed by atoms with Gasteiger partial charge in [-0.15, -0.1) is 6.58 Å². The van der Waals surface area contributed by atoms with E-state index in [1.165, 1.54) is 0 Å². The van der Waals surface area contributed by atoms with E-state index in [0.29, 0.717) is 4.95 Å². The van der Waals surface area contributed by atoms with Crippen molar-refractivity contribution in [2.75, 3.05) is 6.54 Å². The topological polar surface area (TPSA) is 3.24 Å². The van der Waals surface area contributed by atoms with Gasteiger partial charge in [-0.05, 0) is 6.08 Å². The van der Waals surface area contributed by atoms with Crippen LogP contribution in [0.25, 0.3) is 0 Å². The molecule has 0 amide bonds. The minimum Gasteiger partial charge on any atom is -0.358 e. The van der Waals surface area contributed by atoms with Crippen molar-refractivity contribution in [3.8, 4) is 0 Å². The highest BCUT2D eigenvalue weighted by molar-refractivity contribution is 9.09. The quantitative estimate of drug-likeness (QED) is 0.375. The van der Waals surface area contributed by atoms with Crippen LogP contribution in [0.3, 0.4) is 0 Å². The Morgan fingerprint density at radius 3 is 3.00 bits per heavy atom. The van der Waals surface area contributed by atoms with Gasteiger partial charge in [0.15, 0.2) is 0 Å². The molecule has 0 aromatic rings. The molecule has 1 unspecified atom stereocenters. The number of halogens is 1. The van der Waals surface area contributed by atoms with Crippen LogP contribution in [0.4, 0.5) is 0 Å². The van der Waals surface area contributed by atoms with Gasteiger partial charge in [-0.25, -0.2) is 0 Å². The standard InChI is InChI=1S/C8H10BrN/c1-2-6-10-7-4-3-5-8(10)9/h2-5,7-8H,1,6H2. The molecule has 1 atom stereocenters. The molecule has 0 bridgehead atoms. The first-order valence-corrected chi connectivity index (χ1v) is 4.12. The summed E-state index contributed by atoms with van der Waals surface area (Å²) in [4.78, 5) is 2.48. The van der Waals surface area contributed by atoms with E-state index in [0.717, 1.165) is 6.54 Å². The summed E-state index contributed by atoms with van der Waals surface area (Å²) in [6, 6.07) is 0. The Hall–Kier alpha value is -0.500. The first kappa shape index (κ1) is 7.61. The van der Waals surface area contributed by atoms with Crippen LogP contribution in [-0.2, 0) is 0 Å². The van der Waals surface area contributed by atoms with E-state index < -0.39 is 0 Å². The molecule has 10 heavy (non-hydrogen) atoms. The van der Waals surface area contributed by atoms with Crippen molar-refractivity contribution >= 4 is 15.9 Å². The van der Waals surface area contributed by atoms with E-state index in [9.17, 15) is 0 Å². The highest BCUT2D eigenvalue weighted by Crippen LogP contribution is 2.13. The van der Waals surface area contributed by atoms with Gasteiger partial charge in [-0.1, -0.05) is 34.2 Å². The molecular weight excluding hydrogens is 190 g/mol. The summed E-state index contributed by atoms with van der Waals surface area (Å²) in [5.41, 5.74) is 0. The largest absolute Gasteiger partial charge is 0.358 e. The molecule has 1 rings (SSSR count). The van der Waals surface area contributed by atoms with Gasteiger partial charge in [-0.3, -0.25) is 0 Å². The highest BCUT2D eigenvalue weighted by Gasteiger charge is 2.07. The lowest BCUT2D eigenvalue weighted by Gasteiger charge is -2.24. The number of alkyl halides is 1. The smallest absolute Gasteiger partial charge is 0.103 e. The summed E-state index contributed by atoms with van der Waals surface area (Å²) in [7, 11) is 0. The minimum atomic E-state index is 0.329. The van der Waals surface area contributed by atoms with Crippen LogP contribution < -0.4 is 0 Å². The molecule has 0 saturated heterocycles. The van der Waals surface area contributed by atoms with Crippen LogP contribution in [0.1, 0.15) is 0 Å². The Labute approximate surface area is 69.8 Å². The van der Waals surface area contributed by atoms with E-state index in [-0.39, 0.29) is 0 Å². The molecule has 54 valence electrons. The van der Waals surface area contributed by atoms with Crippen LogP contribution in [0.5, 0.6) is 0 Å². The first-order valence-electron chi connectivity index (χ1n) is 3.20. The lowest BCUT2D eigenvalue weighted by molar-refractivity contribution is 0.435. The summed E-state index contributed by atoms with van der Waals surface area (Å²) < 4.78 is 0. The molecule has 0 N–H and O–H groups in total. The molecule has 1 aliphatic heterocycles. The third-order valence-electron chi connectivity index (χ3n) is 1.32. The molecule has 2 heteroatoms. The van der Waals surface area contributed by atoms with Gasteiger partial charge in [0.25, 0.3) is 0 Å². The zero-order valence-corrected chi connectivity index (χ0v) is 7.29. The number of rotatable bonds is 2. The van der Waals surface area contributed by atoms with E-state index in [2.05, 4.69) is 33.5 Å². The van der Waals surface area contributed by atoms with Gasteiger partial charge >= 0.3 is 0 Å². The average Bonchev–Trinajstić information content (AvgIpc) is 1.94. The molecule has 0 fully saturated rings. The van der Waals surface area contributed by atoms with Crippen molar-refractivity contribution in [2.45, 2.75) is 4.95 Å². The third-order valence-corrected chi connectivity index (χ3v) is 2.15. The predicted octanol–water partition coefficient (Wildman–Crippen LogP) is 2.28. The minimum absolute atomic E-state index is 0.329. The molecule has 0 radical (unpaired) electrons. The summed E-state index contributed by atoms with van der Waals surface area (Å²) >= 11 is 3.50. The monoisotopic (exact) mass is 199 g/mol. The summed E-state index contributed by atoms with van der Waals surface area (Å²) in [6.45, 7) is 4.55. The van der Waals surface area contributed by atoms with Crippen molar-refractivity contribution in [1.29, 1.82) is 0 Å². The summed E-state index contributed by atoms with van der Waals surface area (Å²) in [5.74, 6) is 0. The van der Waals surface area contributed by atoms with Gasteiger partial charge in [0, 0.05) is 12.7 Å². The number of hydrogen-bond acceptors (Lipinski definition) is 1. The summed E-state index contributed by atoms with van der Waals surface area (Å²) in [5, 5.41) is 0. The second-order valence-corrected chi connectivity index (χ2v) is 3.02. The lowest BCUT2D eigenvalue weighted by Crippen LogP contribution is -2.25. The number of nitrogens with zero attached hydrogens (tertiary/aromatic N) is 1. The number of hydrogen-bond donors (Lipinski definition) is 0. The van der Waals surface area contributed by atoms with Crippen LogP contribution in [0.15, 0.2) is 37.1 Å². The maximum absolute atomic E-state index is 3.67. The van der Waals surface area contributed by atoms with E-state index >= 15 is 0 Å². The average molecular weight is 200 g/mol. The molecule has 1 heterocycles. The molecule has 0 aromatic carbocycles.